The molecule has 1 amide bonds. The fourth-order valence-corrected chi connectivity index (χ4v) is 2.14. The van der Waals surface area contributed by atoms with Crippen molar-refractivity contribution in [3.05, 3.63) is 48.6 Å². The lowest BCUT2D eigenvalue weighted by Gasteiger charge is -2.42. The molecule has 1 rings (SSSR count). The van der Waals surface area contributed by atoms with E-state index < -0.39 is 29.0 Å². The average Bonchev–Trinajstić information content (AvgIpc) is 2.43. The summed E-state index contributed by atoms with van der Waals surface area (Å²) in [4.78, 5) is 23.2. The monoisotopic (exact) mass is 315 g/mol. The minimum Gasteiger partial charge on any atom is -0.479 e. The van der Waals surface area contributed by atoms with Crippen LogP contribution in [0, 0.1) is 5.41 Å². The number of hydrogen-bond acceptors (Lipinski definition) is 2. The van der Waals surface area contributed by atoms with Gasteiger partial charge < -0.3 is 10.4 Å². The summed E-state index contributed by atoms with van der Waals surface area (Å²) in [7, 11) is 0. The fourth-order valence-electron chi connectivity index (χ4n) is 2.14. The minimum atomic E-state index is -5.20. The number of aliphatic carboxylic acids is 1. The second kappa shape index (κ2) is 5.82. The van der Waals surface area contributed by atoms with Gasteiger partial charge in [-0.3, -0.25) is 4.79 Å². The van der Waals surface area contributed by atoms with Crippen LogP contribution in [0.15, 0.2) is 43.0 Å². The molecular formula is C15H16F3NO3. The van der Waals surface area contributed by atoms with Crippen LogP contribution >= 0.6 is 0 Å². The van der Waals surface area contributed by atoms with Gasteiger partial charge in [0.2, 0.25) is 0 Å². The highest BCUT2D eigenvalue weighted by molar-refractivity contribution is 5.91. The van der Waals surface area contributed by atoms with Crippen molar-refractivity contribution in [2.45, 2.75) is 25.6 Å². The third-order valence-corrected chi connectivity index (χ3v) is 3.56. The molecule has 2 N–H and O–H groups in total. The van der Waals surface area contributed by atoms with Crippen molar-refractivity contribution in [3.63, 3.8) is 0 Å². The van der Waals surface area contributed by atoms with Crippen molar-refractivity contribution in [2.24, 2.45) is 5.41 Å². The van der Waals surface area contributed by atoms with Crippen LogP contribution in [0.3, 0.4) is 0 Å². The van der Waals surface area contributed by atoms with Gasteiger partial charge in [-0.05, 0) is 5.56 Å². The molecule has 1 aromatic rings. The number of halogens is 3. The molecule has 1 atom stereocenters. The Kier molecular flexibility index (Phi) is 4.70. The SMILES string of the molecule is C=CC(C)(C)C(NC(=O)C(F)(F)F)(C(=O)O)c1ccccc1. The molecule has 7 heteroatoms. The van der Waals surface area contributed by atoms with Crippen molar-refractivity contribution in [2.75, 3.05) is 0 Å². The molecule has 0 saturated heterocycles. The van der Waals surface area contributed by atoms with Crippen molar-refractivity contribution >= 4 is 11.9 Å². The molecule has 0 heterocycles. The van der Waals surface area contributed by atoms with Crippen LogP contribution in [0.4, 0.5) is 13.2 Å². The third kappa shape index (κ3) is 2.98. The molecule has 0 bridgehead atoms. The highest BCUT2D eigenvalue weighted by atomic mass is 19.4. The minimum absolute atomic E-state index is 0.0185. The molecule has 0 fully saturated rings. The maximum atomic E-state index is 12.6. The summed E-state index contributed by atoms with van der Waals surface area (Å²) in [5.74, 6) is -3.94. The summed E-state index contributed by atoms with van der Waals surface area (Å²) in [5.41, 5.74) is -3.67. The number of carboxylic acid groups (broad SMARTS) is 1. The second-order valence-corrected chi connectivity index (χ2v) is 5.30. The largest absolute Gasteiger partial charge is 0.479 e. The van der Waals surface area contributed by atoms with Crippen LogP contribution in [0.1, 0.15) is 19.4 Å². The highest BCUT2D eigenvalue weighted by Gasteiger charge is 2.56. The fraction of sp³-hybridized carbons (Fsp3) is 0.333. The number of carboxylic acids is 1. The zero-order valence-corrected chi connectivity index (χ0v) is 12.1. The quantitative estimate of drug-likeness (QED) is 0.821. The lowest BCUT2D eigenvalue weighted by atomic mass is 9.68. The van der Waals surface area contributed by atoms with Crippen LogP contribution in [0.25, 0.3) is 0 Å². The van der Waals surface area contributed by atoms with Crippen LogP contribution in [-0.2, 0) is 15.1 Å². The standard InChI is InChI=1S/C15H16F3NO3/c1-4-13(2,3)14(12(21)22,10-8-6-5-7-9-10)19-11(20)15(16,17)18/h4-9H,1H2,2-3H3,(H,19,20)(H,21,22). The first kappa shape index (κ1) is 17.7. The zero-order valence-electron chi connectivity index (χ0n) is 12.1. The molecule has 0 aliphatic heterocycles. The summed E-state index contributed by atoms with van der Waals surface area (Å²) in [5, 5.41) is 11.3. The topological polar surface area (TPSA) is 66.4 Å². The first-order chi connectivity index (χ1) is 9.99. The van der Waals surface area contributed by atoms with Gasteiger partial charge in [-0.1, -0.05) is 50.3 Å². The Morgan fingerprint density at radius 2 is 1.68 bits per heavy atom. The Labute approximate surface area is 125 Å². The predicted octanol–water partition coefficient (Wildman–Crippen LogP) is 2.86. The molecule has 0 radical (unpaired) electrons. The summed E-state index contributed by atoms with van der Waals surface area (Å²) in [6.45, 7) is 6.25. The number of alkyl halides is 3. The summed E-state index contributed by atoms with van der Waals surface area (Å²) >= 11 is 0. The smallest absolute Gasteiger partial charge is 0.471 e. The normalized spacial score (nSPS) is 14.8. The molecule has 4 nitrogen and oxygen atoms in total. The van der Waals surface area contributed by atoms with E-state index >= 15 is 0 Å². The van der Waals surface area contributed by atoms with Crippen molar-refractivity contribution < 1.29 is 27.9 Å². The van der Waals surface area contributed by atoms with E-state index in [-0.39, 0.29) is 5.56 Å². The van der Waals surface area contributed by atoms with Gasteiger partial charge in [-0.25, -0.2) is 4.79 Å². The maximum absolute atomic E-state index is 12.6. The lowest BCUT2D eigenvalue weighted by molar-refractivity contribution is -0.180. The Bertz CT molecular complexity index is 581. The van der Waals surface area contributed by atoms with Crippen LogP contribution in [-0.4, -0.2) is 23.2 Å². The number of benzene rings is 1. The first-order valence-corrected chi connectivity index (χ1v) is 6.31. The van der Waals surface area contributed by atoms with Crippen molar-refractivity contribution in [1.82, 2.24) is 5.32 Å². The van der Waals surface area contributed by atoms with Gasteiger partial charge in [0.1, 0.15) is 0 Å². The van der Waals surface area contributed by atoms with Crippen LogP contribution < -0.4 is 5.32 Å². The van der Waals surface area contributed by atoms with Crippen LogP contribution in [0.5, 0.6) is 0 Å². The summed E-state index contributed by atoms with van der Waals surface area (Å²) in [6.07, 6.45) is -4.00. The highest BCUT2D eigenvalue weighted by Crippen LogP contribution is 2.41. The molecule has 0 saturated carbocycles. The average molecular weight is 315 g/mol. The number of rotatable bonds is 5. The van der Waals surface area contributed by atoms with Gasteiger partial charge in [0, 0.05) is 5.41 Å². The second-order valence-electron chi connectivity index (χ2n) is 5.30. The van der Waals surface area contributed by atoms with Gasteiger partial charge in [0.15, 0.2) is 5.54 Å². The van der Waals surface area contributed by atoms with E-state index in [1.54, 1.807) is 11.4 Å². The third-order valence-electron chi connectivity index (χ3n) is 3.56. The molecule has 120 valence electrons. The Morgan fingerprint density at radius 1 is 1.18 bits per heavy atom. The number of carbonyl (C=O) groups excluding carboxylic acids is 1. The summed E-state index contributed by atoms with van der Waals surface area (Å²) in [6, 6.07) is 7.23. The molecule has 0 aromatic heterocycles. The number of hydrogen-bond donors (Lipinski definition) is 2. The predicted molar refractivity (Wildman–Crippen MR) is 73.9 cm³/mol. The number of carbonyl (C=O) groups is 2. The van der Waals surface area contributed by atoms with Gasteiger partial charge in [-0.2, -0.15) is 13.2 Å². The van der Waals surface area contributed by atoms with Gasteiger partial charge >= 0.3 is 18.1 Å². The number of amides is 1. The number of nitrogens with one attached hydrogen (secondary N) is 1. The Hall–Kier alpha value is -2.31. The van der Waals surface area contributed by atoms with Crippen molar-refractivity contribution in [3.8, 4) is 0 Å². The maximum Gasteiger partial charge on any atom is 0.471 e. The molecule has 0 aliphatic rings. The van der Waals surface area contributed by atoms with E-state index in [1.165, 1.54) is 44.2 Å². The van der Waals surface area contributed by atoms with Crippen LogP contribution in [0.2, 0.25) is 0 Å². The van der Waals surface area contributed by atoms with E-state index in [4.69, 9.17) is 0 Å². The molecule has 0 aliphatic carbocycles. The Balaban J connectivity index is 3.59. The zero-order chi connectivity index (χ0) is 17.2. The molecule has 1 unspecified atom stereocenters. The Morgan fingerprint density at radius 3 is 2.05 bits per heavy atom. The van der Waals surface area contributed by atoms with E-state index in [0.29, 0.717) is 0 Å². The lowest BCUT2D eigenvalue weighted by Crippen LogP contribution is -2.62. The van der Waals surface area contributed by atoms with Crippen molar-refractivity contribution in [1.29, 1.82) is 0 Å². The molecule has 1 aromatic carbocycles. The van der Waals surface area contributed by atoms with E-state index in [9.17, 15) is 27.9 Å². The van der Waals surface area contributed by atoms with E-state index in [0.717, 1.165) is 0 Å². The van der Waals surface area contributed by atoms with E-state index in [2.05, 4.69) is 6.58 Å². The summed E-state index contributed by atoms with van der Waals surface area (Å²) < 4.78 is 37.9. The van der Waals surface area contributed by atoms with Gasteiger partial charge in [0.25, 0.3) is 0 Å². The molecule has 22 heavy (non-hydrogen) atoms. The van der Waals surface area contributed by atoms with Gasteiger partial charge in [0.05, 0.1) is 0 Å². The van der Waals surface area contributed by atoms with Gasteiger partial charge in [-0.15, -0.1) is 6.58 Å². The molecule has 0 spiro atoms. The molecular weight excluding hydrogens is 299 g/mol. The first-order valence-electron chi connectivity index (χ1n) is 6.31. The van der Waals surface area contributed by atoms with E-state index in [1.807, 2.05) is 0 Å².